The molecule has 0 unspecified atom stereocenters. The van der Waals surface area contributed by atoms with Crippen molar-refractivity contribution in [2.24, 2.45) is 0 Å². The minimum atomic E-state index is -4.61. The zero-order chi connectivity index (χ0) is 37.7. The van der Waals surface area contributed by atoms with Gasteiger partial charge in [-0.1, -0.05) is 36.4 Å². The summed E-state index contributed by atoms with van der Waals surface area (Å²) in [4.78, 5) is 30.3. The molecule has 1 amide bonds. The second-order valence-electron chi connectivity index (χ2n) is 12.4. The predicted molar refractivity (Wildman–Crippen MR) is 184 cm³/mol. The first-order valence-corrected chi connectivity index (χ1v) is 16.9. The Morgan fingerprint density at radius 3 is 2.27 bits per heavy atom. The fraction of sp³-hybridized carbons (Fsp3) is 0.257. The van der Waals surface area contributed by atoms with E-state index in [1.54, 1.807) is 48.9 Å². The summed E-state index contributed by atoms with van der Waals surface area (Å²) in [6, 6.07) is 17.7. The first kappa shape index (κ1) is 38.3. The number of hydrogen-bond acceptors (Lipinski definition) is 6. The van der Waals surface area contributed by atoms with Gasteiger partial charge in [0.25, 0.3) is 0 Å². The zero-order valence-corrected chi connectivity index (χ0v) is 29.3. The molecule has 2 heterocycles. The molecule has 1 N–H and O–H groups in total. The Hall–Kier alpha value is -5.50. The number of halogens is 3. The van der Waals surface area contributed by atoms with E-state index in [2.05, 4.69) is 36.4 Å². The lowest BCUT2D eigenvalue weighted by Crippen LogP contribution is -2.37. The number of nitrogens with one attached hydrogen (secondary N) is 1. The van der Waals surface area contributed by atoms with Crippen LogP contribution in [0.2, 0.25) is 0 Å². The Bertz CT molecular complexity index is 2250. The van der Waals surface area contributed by atoms with Gasteiger partial charge in [0.1, 0.15) is 15.8 Å². The SMILES string of the molecule is O=S(=O)([O-])c1ccccc1.[C-]#[N+]c1ccc(-n2nccc2-c2c(C)n(-c3cccc(C(F)(F)F)c3)c(=O)n2C(=O)NCC)c(CC[N+](C)(C)C)c1. The summed E-state index contributed by atoms with van der Waals surface area (Å²) in [5.41, 5.74) is 1.04. The number of rotatable bonds is 8. The molecule has 2 aromatic heterocycles. The summed E-state index contributed by atoms with van der Waals surface area (Å²) < 4.78 is 75.6. The summed E-state index contributed by atoms with van der Waals surface area (Å²) in [5.74, 6) is 0. The maximum absolute atomic E-state index is 13.7. The topological polar surface area (TPSA) is 135 Å². The lowest BCUT2D eigenvalue weighted by molar-refractivity contribution is -0.870. The summed E-state index contributed by atoms with van der Waals surface area (Å²) in [6.45, 7) is 11.7. The van der Waals surface area contributed by atoms with Crippen LogP contribution in [-0.2, 0) is 22.7 Å². The van der Waals surface area contributed by atoms with E-state index in [0.717, 1.165) is 33.4 Å². The molecule has 0 aliphatic rings. The second kappa shape index (κ2) is 15.2. The van der Waals surface area contributed by atoms with Gasteiger partial charge in [-0.2, -0.15) is 18.3 Å². The first-order valence-electron chi connectivity index (χ1n) is 15.5. The maximum Gasteiger partial charge on any atom is 0.416 e. The number of quaternary nitrogens is 1. The number of imidazole rings is 1. The highest BCUT2D eigenvalue weighted by molar-refractivity contribution is 7.85. The van der Waals surface area contributed by atoms with Crippen LogP contribution in [0.5, 0.6) is 0 Å². The number of carbonyl (C=O) groups excluding carboxylic acids is 1. The molecule has 0 aliphatic carbocycles. The van der Waals surface area contributed by atoms with Crippen molar-refractivity contribution in [3.63, 3.8) is 0 Å². The van der Waals surface area contributed by atoms with Crippen LogP contribution in [-0.4, -0.2) is 76.6 Å². The van der Waals surface area contributed by atoms with E-state index in [-0.39, 0.29) is 28.5 Å². The molecule has 12 nitrogen and oxygen atoms in total. The van der Waals surface area contributed by atoms with Crippen molar-refractivity contribution in [1.82, 2.24) is 24.2 Å². The molecule has 0 saturated carbocycles. The number of nitrogens with zero attached hydrogens (tertiary/aromatic N) is 6. The van der Waals surface area contributed by atoms with Crippen LogP contribution in [0.15, 0.2) is 94.7 Å². The van der Waals surface area contributed by atoms with Gasteiger partial charge in [-0.05, 0) is 61.9 Å². The standard InChI is InChI=1S/C29H30F3N7O2.C6H6O3S/c1-7-34-27(40)37-26(19(2)36(28(37)41)23-10-8-9-21(18-23)29(30,31)32)25-13-15-35-38(25)24-12-11-22(33-3)17-20(24)14-16-39(4,5)6;7-10(8,9)6-4-2-1-3-5-6/h8-13,15,17-18H,7,14,16H2,1-2,4-6H3;1-5H,(H,7,8,9). The van der Waals surface area contributed by atoms with E-state index >= 15 is 0 Å². The van der Waals surface area contributed by atoms with Crippen LogP contribution in [0.3, 0.4) is 0 Å². The van der Waals surface area contributed by atoms with Crippen LogP contribution < -0.4 is 11.0 Å². The molecule has 268 valence electrons. The molecule has 0 bridgehead atoms. The highest BCUT2D eigenvalue weighted by Gasteiger charge is 2.32. The Morgan fingerprint density at radius 2 is 1.71 bits per heavy atom. The highest BCUT2D eigenvalue weighted by atomic mass is 32.2. The monoisotopic (exact) mass is 723 g/mol. The van der Waals surface area contributed by atoms with E-state index < -0.39 is 33.6 Å². The van der Waals surface area contributed by atoms with Gasteiger partial charge in [-0.25, -0.2) is 32.1 Å². The molecule has 0 spiro atoms. The molecule has 51 heavy (non-hydrogen) atoms. The van der Waals surface area contributed by atoms with Gasteiger partial charge in [0.05, 0.1) is 73.7 Å². The van der Waals surface area contributed by atoms with Gasteiger partial charge in [0.15, 0.2) is 5.69 Å². The number of likely N-dealkylation sites (N-methyl/N-ethyl adjacent to an activating group) is 1. The Balaban J connectivity index is 0.000000502. The fourth-order valence-electron chi connectivity index (χ4n) is 5.22. The Labute approximate surface area is 293 Å². The number of alkyl halides is 3. The van der Waals surface area contributed by atoms with Crippen molar-refractivity contribution in [3.05, 3.63) is 124 Å². The Morgan fingerprint density at radius 1 is 1.02 bits per heavy atom. The number of benzene rings is 3. The normalized spacial score (nSPS) is 11.8. The van der Waals surface area contributed by atoms with Gasteiger partial charge in [0, 0.05) is 13.0 Å². The van der Waals surface area contributed by atoms with Crippen LogP contribution in [0.25, 0.3) is 27.6 Å². The van der Waals surface area contributed by atoms with Crippen LogP contribution in [0.4, 0.5) is 23.7 Å². The number of hydrogen-bond donors (Lipinski definition) is 1. The van der Waals surface area contributed by atoms with Crippen molar-refractivity contribution in [3.8, 4) is 22.8 Å². The number of amides is 1. The number of carbonyl (C=O) groups is 1. The molecular formula is C35H36F3N7O5S. The van der Waals surface area contributed by atoms with Crippen LogP contribution in [0, 0.1) is 13.5 Å². The smallest absolute Gasteiger partial charge is 0.416 e. The fourth-order valence-corrected chi connectivity index (χ4v) is 5.71. The predicted octanol–water partition coefficient (Wildman–Crippen LogP) is 5.79. The van der Waals surface area contributed by atoms with E-state index in [1.807, 2.05) is 0 Å². The highest BCUT2D eigenvalue weighted by Crippen LogP contribution is 2.33. The Kier molecular flexibility index (Phi) is 11.4. The van der Waals surface area contributed by atoms with E-state index in [1.165, 1.54) is 42.6 Å². The molecule has 0 aliphatic heterocycles. The molecule has 3 aromatic carbocycles. The zero-order valence-electron chi connectivity index (χ0n) is 28.5. The molecule has 0 radical (unpaired) electrons. The second-order valence-corrected chi connectivity index (χ2v) is 13.7. The molecular weight excluding hydrogens is 687 g/mol. The average molecular weight is 724 g/mol. The summed E-state index contributed by atoms with van der Waals surface area (Å²) in [7, 11) is 1.92. The third kappa shape index (κ3) is 9.00. The van der Waals surface area contributed by atoms with Gasteiger partial charge in [-0.3, -0.25) is 4.57 Å². The lowest BCUT2D eigenvalue weighted by atomic mass is 10.1. The molecule has 0 saturated heterocycles. The maximum atomic E-state index is 13.7. The molecule has 0 fully saturated rings. The average Bonchev–Trinajstić information content (AvgIpc) is 3.64. The third-order valence-corrected chi connectivity index (χ3v) is 8.49. The van der Waals surface area contributed by atoms with Crippen molar-refractivity contribution in [1.29, 1.82) is 0 Å². The minimum Gasteiger partial charge on any atom is -0.744 e. The molecule has 16 heteroatoms. The van der Waals surface area contributed by atoms with Gasteiger partial charge in [0.2, 0.25) is 0 Å². The summed E-state index contributed by atoms with van der Waals surface area (Å²) in [6.07, 6.45) is -2.47. The van der Waals surface area contributed by atoms with Crippen LogP contribution in [0.1, 0.15) is 23.7 Å². The molecule has 5 aromatic rings. The van der Waals surface area contributed by atoms with Crippen molar-refractivity contribution in [2.45, 2.75) is 31.3 Å². The molecule has 5 rings (SSSR count). The quantitative estimate of drug-likeness (QED) is 0.122. The van der Waals surface area contributed by atoms with E-state index in [9.17, 15) is 35.7 Å². The summed E-state index contributed by atoms with van der Waals surface area (Å²) >= 11 is 0. The van der Waals surface area contributed by atoms with Gasteiger partial charge < -0.3 is 14.4 Å². The van der Waals surface area contributed by atoms with E-state index in [0.29, 0.717) is 28.0 Å². The molecule has 0 atom stereocenters. The van der Waals surface area contributed by atoms with Crippen molar-refractivity contribution in [2.75, 3.05) is 34.2 Å². The lowest BCUT2D eigenvalue weighted by Gasteiger charge is -2.24. The largest absolute Gasteiger partial charge is 0.744 e. The van der Waals surface area contributed by atoms with Gasteiger partial charge in [-0.15, -0.1) is 0 Å². The third-order valence-electron chi connectivity index (χ3n) is 7.64. The van der Waals surface area contributed by atoms with Crippen molar-refractivity contribution < 1.29 is 35.4 Å². The van der Waals surface area contributed by atoms with Crippen molar-refractivity contribution >= 4 is 21.8 Å². The summed E-state index contributed by atoms with van der Waals surface area (Å²) in [5, 5.41) is 7.12. The van der Waals surface area contributed by atoms with E-state index in [4.69, 9.17) is 6.57 Å². The van der Waals surface area contributed by atoms with Crippen LogP contribution >= 0.6 is 0 Å². The first-order chi connectivity index (χ1) is 23.9. The van der Waals surface area contributed by atoms with Gasteiger partial charge >= 0.3 is 17.9 Å². The number of aromatic nitrogens is 4. The minimum absolute atomic E-state index is 0.0252.